The second-order valence-corrected chi connectivity index (χ2v) is 3.70. The number of carbonyl (C=O) groups excluding carboxylic acids is 1. The van der Waals surface area contributed by atoms with Gasteiger partial charge in [0.25, 0.3) is 0 Å². The van der Waals surface area contributed by atoms with Crippen LogP contribution >= 0.6 is 0 Å². The first kappa shape index (κ1) is 11.2. The summed E-state index contributed by atoms with van der Waals surface area (Å²) in [6, 6.07) is -0.374. The van der Waals surface area contributed by atoms with E-state index in [1.165, 1.54) is 0 Å². The van der Waals surface area contributed by atoms with E-state index in [2.05, 4.69) is 11.5 Å². The van der Waals surface area contributed by atoms with Gasteiger partial charge in [-0.3, -0.25) is 9.69 Å². The Bertz CT molecular complexity index is 207. The normalized spacial score (nSPS) is 20.6. The Balaban J connectivity index is 2.35. The summed E-state index contributed by atoms with van der Waals surface area (Å²) >= 11 is 0. The lowest BCUT2D eigenvalue weighted by Crippen LogP contribution is -2.52. The predicted octanol–water partition coefficient (Wildman–Crippen LogP) is -0.336. The standard InChI is InChI=1S/C10H19N3O/c1-3-4-12-5-7-13(8-6-12)10(14)9(2)11/h3,9H,1,4-8,11H2,2H3/t9-/m1/s1. The number of amides is 1. The van der Waals surface area contributed by atoms with Gasteiger partial charge in [0.2, 0.25) is 5.91 Å². The van der Waals surface area contributed by atoms with Crippen LogP contribution in [0.3, 0.4) is 0 Å². The second kappa shape index (κ2) is 5.12. The Morgan fingerprint density at radius 3 is 2.50 bits per heavy atom. The molecule has 1 rings (SSSR count). The summed E-state index contributed by atoms with van der Waals surface area (Å²) in [5.41, 5.74) is 5.54. The number of nitrogens with zero attached hydrogens (tertiary/aromatic N) is 2. The lowest BCUT2D eigenvalue weighted by atomic mass is 10.2. The van der Waals surface area contributed by atoms with E-state index in [4.69, 9.17) is 5.73 Å². The van der Waals surface area contributed by atoms with Gasteiger partial charge in [0.15, 0.2) is 0 Å². The van der Waals surface area contributed by atoms with Gasteiger partial charge in [0.05, 0.1) is 6.04 Å². The maximum atomic E-state index is 11.5. The van der Waals surface area contributed by atoms with Crippen LogP contribution in [0, 0.1) is 0 Å². The van der Waals surface area contributed by atoms with Crippen molar-refractivity contribution in [2.75, 3.05) is 32.7 Å². The van der Waals surface area contributed by atoms with E-state index in [0.717, 1.165) is 32.7 Å². The van der Waals surface area contributed by atoms with E-state index in [1.54, 1.807) is 6.92 Å². The van der Waals surface area contributed by atoms with Crippen LogP contribution in [0.1, 0.15) is 6.92 Å². The van der Waals surface area contributed by atoms with Crippen LogP contribution in [0.5, 0.6) is 0 Å². The number of hydrogen-bond acceptors (Lipinski definition) is 3. The highest BCUT2D eigenvalue weighted by molar-refractivity contribution is 5.81. The fraction of sp³-hybridized carbons (Fsp3) is 0.700. The molecule has 0 spiro atoms. The lowest BCUT2D eigenvalue weighted by Gasteiger charge is -2.34. The fourth-order valence-electron chi connectivity index (χ4n) is 1.62. The Kier molecular flexibility index (Phi) is 4.10. The van der Waals surface area contributed by atoms with Crippen LogP contribution in [0.15, 0.2) is 12.7 Å². The number of piperazine rings is 1. The maximum absolute atomic E-state index is 11.5. The molecular formula is C10H19N3O. The van der Waals surface area contributed by atoms with Gasteiger partial charge >= 0.3 is 0 Å². The molecule has 0 aromatic heterocycles. The number of rotatable bonds is 3. The van der Waals surface area contributed by atoms with Crippen LogP contribution in [0.25, 0.3) is 0 Å². The van der Waals surface area contributed by atoms with Gasteiger partial charge in [0.1, 0.15) is 0 Å². The molecular weight excluding hydrogens is 178 g/mol. The lowest BCUT2D eigenvalue weighted by molar-refractivity contribution is -0.133. The highest BCUT2D eigenvalue weighted by Crippen LogP contribution is 2.02. The zero-order valence-corrected chi connectivity index (χ0v) is 8.78. The first-order valence-corrected chi connectivity index (χ1v) is 5.02. The molecule has 1 amide bonds. The summed E-state index contributed by atoms with van der Waals surface area (Å²) in [6.45, 7) is 9.75. The average Bonchev–Trinajstić information content (AvgIpc) is 2.18. The Hall–Kier alpha value is -0.870. The molecule has 0 radical (unpaired) electrons. The van der Waals surface area contributed by atoms with E-state index >= 15 is 0 Å². The molecule has 1 aliphatic rings. The van der Waals surface area contributed by atoms with E-state index < -0.39 is 0 Å². The summed E-state index contributed by atoms with van der Waals surface area (Å²) in [4.78, 5) is 15.6. The van der Waals surface area contributed by atoms with Crippen LogP contribution < -0.4 is 5.73 Å². The van der Waals surface area contributed by atoms with Crippen molar-refractivity contribution in [1.29, 1.82) is 0 Å². The van der Waals surface area contributed by atoms with Crippen LogP contribution in [0.2, 0.25) is 0 Å². The molecule has 1 aliphatic heterocycles. The minimum absolute atomic E-state index is 0.0586. The molecule has 0 saturated carbocycles. The number of nitrogens with two attached hydrogens (primary N) is 1. The highest BCUT2D eigenvalue weighted by atomic mass is 16.2. The number of carbonyl (C=O) groups is 1. The summed E-state index contributed by atoms with van der Waals surface area (Å²) in [7, 11) is 0. The molecule has 0 bridgehead atoms. The largest absolute Gasteiger partial charge is 0.339 e. The van der Waals surface area contributed by atoms with Crippen molar-refractivity contribution in [1.82, 2.24) is 9.80 Å². The van der Waals surface area contributed by atoms with Gasteiger partial charge in [0, 0.05) is 32.7 Å². The van der Waals surface area contributed by atoms with Gasteiger partial charge in [-0.25, -0.2) is 0 Å². The minimum Gasteiger partial charge on any atom is -0.339 e. The fourth-order valence-corrected chi connectivity index (χ4v) is 1.62. The molecule has 14 heavy (non-hydrogen) atoms. The van der Waals surface area contributed by atoms with Gasteiger partial charge in [-0.2, -0.15) is 0 Å². The zero-order valence-electron chi connectivity index (χ0n) is 8.78. The summed E-state index contributed by atoms with van der Waals surface area (Å²) < 4.78 is 0. The maximum Gasteiger partial charge on any atom is 0.239 e. The first-order valence-electron chi connectivity index (χ1n) is 5.02. The molecule has 2 N–H and O–H groups in total. The Labute approximate surface area is 85.3 Å². The van der Waals surface area contributed by atoms with E-state index in [-0.39, 0.29) is 11.9 Å². The third-order valence-corrected chi connectivity index (χ3v) is 2.46. The summed E-state index contributed by atoms with van der Waals surface area (Å²) in [5, 5.41) is 0. The van der Waals surface area contributed by atoms with Gasteiger partial charge in [-0.15, -0.1) is 6.58 Å². The third-order valence-electron chi connectivity index (χ3n) is 2.46. The second-order valence-electron chi connectivity index (χ2n) is 3.70. The van der Waals surface area contributed by atoms with Crippen LogP contribution in [-0.4, -0.2) is 54.5 Å². The summed E-state index contributed by atoms with van der Waals surface area (Å²) in [5.74, 6) is 0.0586. The topological polar surface area (TPSA) is 49.6 Å². The third kappa shape index (κ3) is 2.82. The molecule has 4 heteroatoms. The van der Waals surface area contributed by atoms with Crippen LogP contribution in [-0.2, 0) is 4.79 Å². The molecule has 0 unspecified atom stereocenters. The van der Waals surface area contributed by atoms with Crippen molar-refractivity contribution in [3.8, 4) is 0 Å². The molecule has 0 aromatic rings. The molecule has 0 aliphatic carbocycles. The average molecular weight is 197 g/mol. The van der Waals surface area contributed by atoms with Crippen molar-refractivity contribution in [2.45, 2.75) is 13.0 Å². The zero-order chi connectivity index (χ0) is 10.6. The molecule has 1 fully saturated rings. The predicted molar refractivity (Wildman–Crippen MR) is 56.9 cm³/mol. The Morgan fingerprint density at radius 1 is 1.50 bits per heavy atom. The summed E-state index contributed by atoms with van der Waals surface area (Å²) in [6.07, 6.45) is 1.89. The quantitative estimate of drug-likeness (QED) is 0.630. The van der Waals surface area contributed by atoms with Gasteiger partial charge in [-0.05, 0) is 6.92 Å². The molecule has 1 heterocycles. The highest BCUT2D eigenvalue weighted by Gasteiger charge is 2.22. The van der Waals surface area contributed by atoms with Gasteiger partial charge < -0.3 is 10.6 Å². The smallest absolute Gasteiger partial charge is 0.239 e. The van der Waals surface area contributed by atoms with E-state index in [9.17, 15) is 4.79 Å². The van der Waals surface area contributed by atoms with Crippen molar-refractivity contribution < 1.29 is 4.79 Å². The van der Waals surface area contributed by atoms with E-state index in [1.807, 2.05) is 11.0 Å². The molecule has 1 saturated heterocycles. The van der Waals surface area contributed by atoms with Crippen molar-refractivity contribution in [3.05, 3.63) is 12.7 Å². The first-order chi connectivity index (χ1) is 6.65. The SMILES string of the molecule is C=CCN1CCN(C(=O)[C@@H](C)N)CC1. The van der Waals surface area contributed by atoms with E-state index in [0.29, 0.717) is 0 Å². The molecule has 80 valence electrons. The van der Waals surface area contributed by atoms with Crippen molar-refractivity contribution in [3.63, 3.8) is 0 Å². The van der Waals surface area contributed by atoms with Gasteiger partial charge in [-0.1, -0.05) is 6.08 Å². The van der Waals surface area contributed by atoms with Crippen molar-refractivity contribution >= 4 is 5.91 Å². The number of hydrogen-bond donors (Lipinski definition) is 1. The molecule has 4 nitrogen and oxygen atoms in total. The monoisotopic (exact) mass is 197 g/mol. The van der Waals surface area contributed by atoms with Crippen LogP contribution in [0.4, 0.5) is 0 Å². The molecule has 0 aromatic carbocycles. The van der Waals surface area contributed by atoms with Crippen molar-refractivity contribution in [2.24, 2.45) is 5.73 Å². The minimum atomic E-state index is -0.374. The Morgan fingerprint density at radius 2 is 2.07 bits per heavy atom. The molecule has 1 atom stereocenters.